The molecule has 0 aliphatic rings. The number of hydrogen-bond donors (Lipinski definition) is 1. The number of amides is 1. The molecule has 0 radical (unpaired) electrons. The van der Waals surface area contributed by atoms with Gasteiger partial charge in [0.1, 0.15) is 0 Å². The zero-order valence-electron chi connectivity index (χ0n) is 10.2. The smallest absolute Gasteiger partial charge is 0.251 e. The largest absolute Gasteiger partial charge is 0.350 e. The molecular weight excluding hydrogens is 200 g/mol. The average molecular weight is 220 g/mol. The Balaban J connectivity index is 2.40. The van der Waals surface area contributed by atoms with Gasteiger partial charge in [0.2, 0.25) is 0 Å². The van der Waals surface area contributed by atoms with E-state index >= 15 is 0 Å². The van der Waals surface area contributed by atoms with Gasteiger partial charge >= 0.3 is 0 Å². The van der Waals surface area contributed by atoms with E-state index in [9.17, 15) is 4.79 Å². The van der Waals surface area contributed by atoms with Crippen molar-refractivity contribution in [1.82, 2.24) is 10.2 Å². The van der Waals surface area contributed by atoms with Gasteiger partial charge in [-0.05, 0) is 46.1 Å². The lowest BCUT2D eigenvalue weighted by Gasteiger charge is -2.16. The van der Waals surface area contributed by atoms with Crippen LogP contribution >= 0.6 is 0 Å². The monoisotopic (exact) mass is 220 g/mol. The molecule has 0 bridgehead atoms. The van der Waals surface area contributed by atoms with Crippen molar-refractivity contribution in [1.29, 1.82) is 0 Å². The molecule has 1 aromatic rings. The predicted molar refractivity (Wildman–Crippen MR) is 66.5 cm³/mol. The molecule has 0 saturated carbocycles. The summed E-state index contributed by atoms with van der Waals surface area (Å²) in [5.41, 5.74) is 0.721. The quantitative estimate of drug-likeness (QED) is 0.820. The molecule has 88 valence electrons. The summed E-state index contributed by atoms with van der Waals surface area (Å²) >= 11 is 0. The van der Waals surface area contributed by atoms with Gasteiger partial charge in [-0.25, -0.2) is 0 Å². The van der Waals surface area contributed by atoms with Gasteiger partial charge in [-0.15, -0.1) is 0 Å². The lowest BCUT2D eigenvalue weighted by molar-refractivity contribution is 0.0937. The zero-order valence-corrected chi connectivity index (χ0v) is 10.2. The Morgan fingerprint density at radius 3 is 2.50 bits per heavy atom. The number of nitrogens with zero attached hydrogens (tertiary/aromatic N) is 1. The van der Waals surface area contributed by atoms with Crippen LogP contribution in [0.4, 0.5) is 0 Å². The fraction of sp³-hybridized carbons (Fsp3) is 0.462. The molecule has 3 nitrogen and oxygen atoms in total. The summed E-state index contributed by atoms with van der Waals surface area (Å²) in [6, 6.07) is 9.52. The standard InChI is InChI=1S/C13H20N2O/c1-11(9-10-15(2)3)14-13(16)12-7-5-4-6-8-12/h4-8,11H,9-10H2,1-3H3,(H,14,16). The maximum atomic E-state index is 11.8. The molecule has 16 heavy (non-hydrogen) atoms. The third kappa shape index (κ3) is 4.45. The second kappa shape index (κ2) is 6.28. The Hall–Kier alpha value is -1.35. The number of benzene rings is 1. The molecule has 1 N–H and O–H groups in total. The van der Waals surface area contributed by atoms with Crippen LogP contribution in [0.2, 0.25) is 0 Å². The normalized spacial score (nSPS) is 12.5. The highest BCUT2D eigenvalue weighted by atomic mass is 16.1. The molecule has 0 aliphatic carbocycles. The summed E-state index contributed by atoms with van der Waals surface area (Å²) in [6.07, 6.45) is 0.964. The molecule has 3 heteroatoms. The van der Waals surface area contributed by atoms with Gasteiger partial charge in [0, 0.05) is 11.6 Å². The van der Waals surface area contributed by atoms with Crippen LogP contribution in [0.3, 0.4) is 0 Å². The number of carbonyl (C=O) groups excluding carboxylic acids is 1. The minimum atomic E-state index is 0.00635. The lowest BCUT2D eigenvalue weighted by atomic mass is 10.2. The van der Waals surface area contributed by atoms with Crippen LogP contribution < -0.4 is 5.32 Å². The SMILES string of the molecule is CC(CCN(C)C)NC(=O)c1ccccc1. The minimum absolute atomic E-state index is 0.00635. The van der Waals surface area contributed by atoms with Crippen LogP contribution in [-0.2, 0) is 0 Å². The Kier molecular flexibility index (Phi) is 4.99. The number of hydrogen-bond acceptors (Lipinski definition) is 2. The molecule has 0 spiro atoms. The van der Waals surface area contributed by atoms with Crippen LogP contribution in [0.5, 0.6) is 0 Å². The molecule has 0 aliphatic heterocycles. The number of carbonyl (C=O) groups is 1. The summed E-state index contributed by atoms with van der Waals surface area (Å²) in [6.45, 7) is 3.01. The highest BCUT2D eigenvalue weighted by molar-refractivity contribution is 5.94. The first-order chi connectivity index (χ1) is 7.59. The number of rotatable bonds is 5. The highest BCUT2D eigenvalue weighted by Gasteiger charge is 2.08. The van der Waals surface area contributed by atoms with Gasteiger partial charge in [-0.1, -0.05) is 18.2 Å². The fourth-order valence-corrected chi connectivity index (χ4v) is 1.42. The van der Waals surface area contributed by atoms with Crippen LogP contribution in [0.1, 0.15) is 23.7 Å². The van der Waals surface area contributed by atoms with Crippen molar-refractivity contribution in [3.05, 3.63) is 35.9 Å². The Labute approximate surface area is 97.5 Å². The van der Waals surface area contributed by atoms with Crippen molar-refractivity contribution >= 4 is 5.91 Å². The molecule has 0 saturated heterocycles. The van der Waals surface area contributed by atoms with Crippen molar-refractivity contribution in [3.63, 3.8) is 0 Å². The molecule has 1 rings (SSSR count). The van der Waals surface area contributed by atoms with Crippen LogP contribution in [-0.4, -0.2) is 37.5 Å². The van der Waals surface area contributed by atoms with Crippen molar-refractivity contribution in [2.24, 2.45) is 0 Å². The Bertz CT molecular complexity index is 322. The van der Waals surface area contributed by atoms with Gasteiger partial charge in [-0.2, -0.15) is 0 Å². The van der Waals surface area contributed by atoms with Crippen molar-refractivity contribution < 1.29 is 4.79 Å². The second-order valence-electron chi connectivity index (χ2n) is 4.33. The Morgan fingerprint density at radius 1 is 1.31 bits per heavy atom. The van der Waals surface area contributed by atoms with Gasteiger partial charge in [-0.3, -0.25) is 4.79 Å². The predicted octanol–water partition coefficient (Wildman–Crippen LogP) is 1.76. The summed E-state index contributed by atoms with van der Waals surface area (Å²) in [5.74, 6) is 0.00635. The molecular formula is C13H20N2O. The lowest BCUT2D eigenvalue weighted by Crippen LogP contribution is -2.34. The summed E-state index contributed by atoms with van der Waals surface area (Å²) < 4.78 is 0. The van der Waals surface area contributed by atoms with Gasteiger partial charge < -0.3 is 10.2 Å². The summed E-state index contributed by atoms with van der Waals surface area (Å²) in [4.78, 5) is 13.9. The first-order valence-corrected chi connectivity index (χ1v) is 5.60. The molecule has 0 heterocycles. The van der Waals surface area contributed by atoms with E-state index in [4.69, 9.17) is 0 Å². The third-order valence-electron chi connectivity index (χ3n) is 2.42. The van der Waals surface area contributed by atoms with Crippen LogP contribution in [0.15, 0.2) is 30.3 Å². The number of nitrogens with one attached hydrogen (secondary N) is 1. The molecule has 1 amide bonds. The first kappa shape index (κ1) is 12.7. The van der Waals surface area contributed by atoms with Gasteiger partial charge in [0.05, 0.1) is 0 Å². The third-order valence-corrected chi connectivity index (χ3v) is 2.42. The van der Waals surface area contributed by atoms with E-state index in [1.807, 2.05) is 51.4 Å². The topological polar surface area (TPSA) is 32.3 Å². The van der Waals surface area contributed by atoms with Crippen molar-refractivity contribution in [2.45, 2.75) is 19.4 Å². The van der Waals surface area contributed by atoms with E-state index in [2.05, 4.69) is 10.2 Å². The maximum absolute atomic E-state index is 11.8. The maximum Gasteiger partial charge on any atom is 0.251 e. The van der Waals surface area contributed by atoms with Crippen LogP contribution in [0, 0.1) is 0 Å². The summed E-state index contributed by atoms with van der Waals surface area (Å²) in [7, 11) is 4.07. The van der Waals surface area contributed by atoms with E-state index in [1.165, 1.54) is 0 Å². The van der Waals surface area contributed by atoms with E-state index < -0.39 is 0 Å². The molecule has 1 aromatic carbocycles. The van der Waals surface area contributed by atoms with Crippen molar-refractivity contribution in [2.75, 3.05) is 20.6 Å². The molecule has 0 aromatic heterocycles. The minimum Gasteiger partial charge on any atom is -0.350 e. The van der Waals surface area contributed by atoms with E-state index in [0.29, 0.717) is 0 Å². The van der Waals surface area contributed by atoms with Crippen LogP contribution in [0.25, 0.3) is 0 Å². The second-order valence-corrected chi connectivity index (χ2v) is 4.33. The Morgan fingerprint density at radius 2 is 1.94 bits per heavy atom. The highest BCUT2D eigenvalue weighted by Crippen LogP contribution is 2.00. The first-order valence-electron chi connectivity index (χ1n) is 5.60. The molecule has 1 atom stereocenters. The van der Waals surface area contributed by atoms with E-state index in [1.54, 1.807) is 0 Å². The zero-order chi connectivity index (χ0) is 12.0. The fourth-order valence-electron chi connectivity index (χ4n) is 1.42. The van der Waals surface area contributed by atoms with E-state index in [0.717, 1.165) is 18.5 Å². The van der Waals surface area contributed by atoms with Gasteiger partial charge in [0.15, 0.2) is 0 Å². The van der Waals surface area contributed by atoms with Gasteiger partial charge in [0.25, 0.3) is 5.91 Å². The molecule has 1 unspecified atom stereocenters. The summed E-state index contributed by atoms with van der Waals surface area (Å²) in [5, 5.41) is 2.99. The molecule has 0 fully saturated rings. The van der Waals surface area contributed by atoms with Crippen molar-refractivity contribution in [3.8, 4) is 0 Å². The van der Waals surface area contributed by atoms with E-state index in [-0.39, 0.29) is 11.9 Å². The average Bonchev–Trinajstić information content (AvgIpc) is 2.27.